The third kappa shape index (κ3) is 3.12. The highest BCUT2D eigenvalue weighted by Crippen LogP contribution is 2.27. The molecule has 0 saturated carbocycles. The molecule has 5 nitrogen and oxygen atoms in total. The number of hydrogen-bond acceptors (Lipinski definition) is 5. The van der Waals surface area contributed by atoms with E-state index in [-0.39, 0.29) is 6.04 Å². The summed E-state index contributed by atoms with van der Waals surface area (Å²) in [6, 6.07) is 18.0. The first-order chi connectivity index (χ1) is 10.2. The summed E-state index contributed by atoms with van der Waals surface area (Å²) >= 11 is 1.52. The quantitative estimate of drug-likeness (QED) is 0.802. The highest BCUT2D eigenvalue weighted by Gasteiger charge is 2.10. The fourth-order valence-corrected chi connectivity index (χ4v) is 2.71. The van der Waals surface area contributed by atoms with Gasteiger partial charge in [-0.2, -0.15) is 4.68 Å². The van der Waals surface area contributed by atoms with Crippen LogP contribution in [-0.2, 0) is 0 Å². The molecule has 2 aromatic carbocycles. The van der Waals surface area contributed by atoms with Crippen molar-refractivity contribution in [3.63, 3.8) is 0 Å². The Kier molecular flexibility index (Phi) is 3.98. The lowest BCUT2D eigenvalue weighted by atomic mass is 10.1. The van der Waals surface area contributed by atoms with Gasteiger partial charge in [0.25, 0.3) is 0 Å². The van der Waals surface area contributed by atoms with Gasteiger partial charge in [-0.3, -0.25) is 0 Å². The molecule has 1 atom stereocenters. The van der Waals surface area contributed by atoms with Crippen LogP contribution in [0, 0.1) is 0 Å². The molecule has 6 heteroatoms. The Morgan fingerprint density at radius 2 is 1.76 bits per heavy atom. The van der Waals surface area contributed by atoms with Crippen molar-refractivity contribution < 1.29 is 0 Å². The predicted molar refractivity (Wildman–Crippen MR) is 82.3 cm³/mol. The molecular weight excluding hydrogens is 282 g/mol. The first kappa shape index (κ1) is 13.8. The topological polar surface area (TPSA) is 69.6 Å². The maximum Gasteiger partial charge on any atom is 0.218 e. The lowest BCUT2D eigenvalue weighted by Gasteiger charge is -2.07. The Morgan fingerprint density at radius 1 is 1.05 bits per heavy atom. The average molecular weight is 297 g/mol. The van der Waals surface area contributed by atoms with Crippen LogP contribution in [0.5, 0.6) is 0 Å². The molecule has 1 heterocycles. The van der Waals surface area contributed by atoms with Gasteiger partial charge in [0, 0.05) is 10.9 Å². The average Bonchev–Trinajstić information content (AvgIpc) is 2.97. The summed E-state index contributed by atoms with van der Waals surface area (Å²) in [7, 11) is 0. The number of tetrazole rings is 1. The van der Waals surface area contributed by atoms with Gasteiger partial charge in [-0.25, -0.2) is 0 Å². The number of nitrogens with zero attached hydrogens (tertiary/aromatic N) is 4. The zero-order chi connectivity index (χ0) is 14.7. The third-order valence-corrected chi connectivity index (χ3v) is 4.00. The summed E-state index contributed by atoms with van der Waals surface area (Å²) in [6.45, 7) is 1.97. The van der Waals surface area contributed by atoms with Crippen molar-refractivity contribution in [2.24, 2.45) is 5.73 Å². The van der Waals surface area contributed by atoms with E-state index in [1.807, 2.05) is 61.5 Å². The molecule has 0 amide bonds. The Morgan fingerprint density at radius 3 is 2.43 bits per heavy atom. The molecule has 0 saturated heterocycles. The van der Waals surface area contributed by atoms with Gasteiger partial charge in [0.15, 0.2) is 0 Å². The summed E-state index contributed by atoms with van der Waals surface area (Å²) in [5.74, 6) is 0. The van der Waals surface area contributed by atoms with Crippen LogP contribution in [0.4, 0.5) is 0 Å². The molecular formula is C15H15N5S. The van der Waals surface area contributed by atoms with Crippen LogP contribution in [0.1, 0.15) is 18.5 Å². The first-order valence-corrected chi connectivity index (χ1v) is 7.43. The van der Waals surface area contributed by atoms with E-state index in [0.717, 1.165) is 21.3 Å². The molecule has 106 valence electrons. The van der Waals surface area contributed by atoms with E-state index in [1.54, 1.807) is 4.68 Å². The van der Waals surface area contributed by atoms with Gasteiger partial charge in [0.1, 0.15) is 0 Å². The van der Waals surface area contributed by atoms with Crippen LogP contribution in [0.3, 0.4) is 0 Å². The summed E-state index contributed by atoms with van der Waals surface area (Å²) in [5, 5.41) is 12.6. The molecule has 0 aliphatic heterocycles. The van der Waals surface area contributed by atoms with Crippen LogP contribution < -0.4 is 5.73 Å². The van der Waals surface area contributed by atoms with Gasteiger partial charge < -0.3 is 5.73 Å². The summed E-state index contributed by atoms with van der Waals surface area (Å²) in [6.07, 6.45) is 0. The number of aromatic nitrogens is 4. The molecule has 0 unspecified atom stereocenters. The molecule has 0 spiro atoms. The SMILES string of the molecule is C[C@@H](N)c1ccc(Sc2nnnn2-c2ccccc2)cc1. The van der Waals surface area contributed by atoms with Crippen LogP contribution in [0.25, 0.3) is 5.69 Å². The lowest BCUT2D eigenvalue weighted by Crippen LogP contribution is -2.04. The van der Waals surface area contributed by atoms with Gasteiger partial charge >= 0.3 is 0 Å². The van der Waals surface area contributed by atoms with Crippen LogP contribution in [0.15, 0.2) is 64.6 Å². The van der Waals surface area contributed by atoms with E-state index >= 15 is 0 Å². The van der Waals surface area contributed by atoms with Gasteiger partial charge in [-0.05, 0) is 58.9 Å². The molecule has 1 aromatic heterocycles. The van der Waals surface area contributed by atoms with E-state index < -0.39 is 0 Å². The molecule has 0 fully saturated rings. The summed E-state index contributed by atoms with van der Waals surface area (Å²) < 4.78 is 1.73. The number of nitrogens with two attached hydrogens (primary N) is 1. The lowest BCUT2D eigenvalue weighted by molar-refractivity contribution is 0.756. The Hall–Kier alpha value is -2.18. The first-order valence-electron chi connectivity index (χ1n) is 6.61. The fraction of sp³-hybridized carbons (Fsp3) is 0.133. The van der Waals surface area contributed by atoms with Crippen LogP contribution >= 0.6 is 11.8 Å². The third-order valence-electron chi connectivity index (χ3n) is 3.06. The summed E-state index contributed by atoms with van der Waals surface area (Å²) in [5.41, 5.74) is 7.91. The molecule has 0 aliphatic rings. The summed E-state index contributed by atoms with van der Waals surface area (Å²) in [4.78, 5) is 1.08. The second kappa shape index (κ2) is 6.07. The van der Waals surface area contributed by atoms with E-state index in [1.165, 1.54) is 11.8 Å². The molecule has 0 aliphatic carbocycles. The van der Waals surface area contributed by atoms with Crippen molar-refractivity contribution in [2.45, 2.75) is 23.0 Å². The second-order valence-electron chi connectivity index (χ2n) is 4.67. The minimum absolute atomic E-state index is 0.0405. The smallest absolute Gasteiger partial charge is 0.218 e. The zero-order valence-electron chi connectivity index (χ0n) is 11.5. The van der Waals surface area contributed by atoms with Gasteiger partial charge in [0.2, 0.25) is 5.16 Å². The van der Waals surface area contributed by atoms with Crippen LogP contribution in [-0.4, -0.2) is 20.2 Å². The Labute approximate surface area is 127 Å². The molecule has 0 radical (unpaired) electrons. The highest BCUT2D eigenvalue weighted by atomic mass is 32.2. The Bertz CT molecular complexity index is 706. The van der Waals surface area contributed by atoms with E-state index in [4.69, 9.17) is 5.73 Å². The minimum Gasteiger partial charge on any atom is -0.324 e. The fourth-order valence-electron chi connectivity index (χ4n) is 1.92. The molecule has 2 N–H and O–H groups in total. The van der Waals surface area contributed by atoms with Gasteiger partial charge in [-0.1, -0.05) is 30.3 Å². The molecule has 3 rings (SSSR count). The normalized spacial score (nSPS) is 12.3. The zero-order valence-corrected chi connectivity index (χ0v) is 12.4. The molecule has 0 bridgehead atoms. The monoisotopic (exact) mass is 297 g/mol. The van der Waals surface area contributed by atoms with Gasteiger partial charge in [0.05, 0.1) is 5.69 Å². The van der Waals surface area contributed by atoms with Crippen molar-refractivity contribution in [3.05, 3.63) is 60.2 Å². The number of benzene rings is 2. The van der Waals surface area contributed by atoms with Crippen LogP contribution in [0.2, 0.25) is 0 Å². The van der Waals surface area contributed by atoms with Crippen molar-refractivity contribution in [1.82, 2.24) is 20.2 Å². The highest BCUT2D eigenvalue weighted by molar-refractivity contribution is 7.99. The largest absolute Gasteiger partial charge is 0.324 e. The Balaban J connectivity index is 1.84. The molecule has 3 aromatic rings. The van der Waals surface area contributed by atoms with Crippen molar-refractivity contribution in [1.29, 1.82) is 0 Å². The number of rotatable bonds is 4. The van der Waals surface area contributed by atoms with E-state index in [2.05, 4.69) is 15.5 Å². The van der Waals surface area contributed by atoms with Gasteiger partial charge in [-0.15, -0.1) is 5.10 Å². The number of para-hydroxylation sites is 1. The molecule has 21 heavy (non-hydrogen) atoms. The van der Waals surface area contributed by atoms with E-state index in [0.29, 0.717) is 0 Å². The maximum atomic E-state index is 5.86. The van der Waals surface area contributed by atoms with E-state index in [9.17, 15) is 0 Å². The second-order valence-corrected chi connectivity index (χ2v) is 5.71. The standard InChI is InChI=1S/C15H15N5S/c1-11(16)12-7-9-14(10-8-12)21-15-17-18-19-20(15)13-5-3-2-4-6-13/h2-11H,16H2,1H3/t11-/m1/s1. The predicted octanol–water partition coefficient (Wildman–Crippen LogP) is 2.83. The minimum atomic E-state index is 0.0405. The van der Waals surface area contributed by atoms with Crippen molar-refractivity contribution >= 4 is 11.8 Å². The maximum absolute atomic E-state index is 5.86. The van der Waals surface area contributed by atoms with Crippen molar-refractivity contribution in [2.75, 3.05) is 0 Å². The van der Waals surface area contributed by atoms with Crippen molar-refractivity contribution in [3.8, 4) is 5.69 Å². The number of hydrogen-bond donors (Lipinski definition) is 1.